The lowest BCUT2D eigenvalue weighted by Gasteiger charge is -2.02. The normalized spacial score (nSPS) is 11.1. The zero-order valence-electron chi connectivity index (χ0n) is 10.0. The van der Waals surface area contributed by atoms with Gasteiger partial charge in [0, 0.05) is 5.56 Å². The summed E-state index contributed by atoms with van der Waals surface area (Å²) in [5, 5.41) is 13.8. The predicted octanol–water partition coefficient (Wildman–Crippen LogP) is 1.84. The number of aromatic amines is 1. The molecule has 3 rings (SSSR count). The van der Waals surface area contributed by atoms with E-state index in [0.29, 0.717) is 16.8 Å². The number of halogens is 1. The van der Waals surface area contributed by atoms with E-state index in [1.165, 1.54) is 10.6 Å². The maximum atomic E-state index is 13.9. The molecule has 0 aliphatic carbocycles. The number of hydrogen-bond acceptors (Lipinski definition) is 3. The van der Waals surface area contributed by atoms with Gasteiger partial charge < -0.3 is 10.1 Å². The molecule has 96 valence electrons. The summed E-state index contributed by atoms with van der Waals surface area (Å²) in [5.41, 5.74) is 1.11. The molecule has 0 amide bonds. The maximum absolute atomic E-state index is 13.9. The molecule has 0 aliphatic heterocycles. The minimum absolute atomic E-state index is 0.271. The van der Waals surface area contributed by atoms with Crippen LogP contribution in [0.5, 0.6) is 5.88 Å². The number of hydrogen-bond donors (Lipinski definition) is 2. The van der Waals surface area contributed by atoms with Gasteiger partial charge in [0.2, 0.25) is 5.88 Å². The van der Waals surface area contributed by atoms with Crippen LogP contribution in [0.2, 0.25) is 0 Å². The fraction of sp³-hybridized carbons (Fsp3) is 0.0769. The van der Waals surface area contributed by atoms with E-state index in [9.17, 15) is 14.3 Å². The molecule has 0 fully saturated rings. The summed E-state index contributed by atoms with van der Waals surface area (Å²) in [6.07, 6.45) is 0. The van der Waals surface area contributed by atoms with Crippen molar-refractivity contribution in [2.45, 2.75) is 6.92 Å². The molecule has 1 aromatic carbocycles. The summed E-state index contributed by atoms with van der Waals surface area (Å²) >= 11 is 0. The van der Waals surface area contributed by atoms with Gasteiger partial charge in [-0.3, -0.25) is 4.79 Å². The van der Waals surface area contributed by atoms with Crippen LogP contribution >= 0.6 is 0 Å². The first-order chi connectivity index (χ1) is 9.08. The molecule has 0 atom stereocenters. The highest BCUT2D eigenvalue weighted by atomic mass is 19.1. The Labute approximate surface area is 107 Å². The summed E-state index contributed by atoms with van der Waals surface area (Å²) < 4.78 is 15.0. The number of fused-ring (bicyclic) bond motifs is 1. The highest BCUT2D eigenvalue weighted by Crippen LogP contribution is 2.29. The van der Waals surface area contributed by atoms with E-state index in [1.807, 2.05) is 0 Å². The maximum Gasteiger partial charge on any atom is 0.254 e. The van der Waals surface area contributed by atoms with E-state index in [-0.39, 0.29) is 11.5 Å². The van der Waals surface area contributed by atoms with Crippen molar-refractivity contribution in [3.63, 3.8) is 0 Å². The fourth-order valence-corrected chi connectivity index (χ4v) is 2.13. The second kappa shape index (κ2) is 3.94. The lowest BCUT2D eigenvalue weighted by molar-refractivity contribution is 0.434. The van der Waals surface area contributed by atoms with Crippen LogP contribution in [0.25, 0.3) is 16.8 Å². The van der Waals surface area contributed by atoms with Gasteiger partial charge >= 0.3 is 0 Å². The third-order valence-electron chi connectivity index (χ3n) is 2.92. The van der Waals surface area contributed by atoms with Crippen LogP contribution in [0.15, 0.2) is 35.1 Å². The van der Waals surface area contributed by atoms with Gasteiger partial charge in [-0.05, 0) is 13.0 Å². The molecular weight excluding hydrogens is 249 g/mol. The van der Waals surface area contributed by atoms with Gasteiger partial charge in [0.15, 0.2) is 0 Å². The molecule has 0 spiro atoms. The van der Waals surface area contributed by atoms with Gasteiger partial charge in [-0.25, -0.2) is 4.39 Å². The van der Waals surface area contributed by atoms with E-state index < -0.39 is 11.4 Å². The highest BCUT2D eigenvalue weighted by Gasteiger charge is 2.17. The van der Waals surface area contributed by atoms with Gasteiger partial charge in [0.1, 0.15) is 11.5 Å². The molecule has 0 radical (unpaired) electrons. The lowest BCUT2D eigenvalue weighted by atomic mass is 10.1. The zero-order valence-corrected chi connectivity index (χ0v) is 10.0. The van der Waals surface area contributed by atoms with E-state index in [2.05, 4.69) is 10.1 Å². The average Bonchev–Trinajstić information content (AvgIpc) is 2.67. The van der Waals surface area contributed by atoms with Gasteiger partial charge in [-0.1, -0.05) is 18.2 Å². The van der Waals surface area contributed by atoms with Gasteiger partial charge in [0.05, 0.1) is 17.3 Å². The standard InChI is InChI=1S/C13H10FN3O2/c1-7-12(8-4-2-3-5-9(8)14)13-15-10(18)6-11(19)17(13)16-7/h2-6,19H,1H3,(H,15,18). The molecule has 2 heterocycles. The first-order valence-electron chi connectivity index (χ1n) is 5.64. The van der Waals surface area contributed by atoms with E-state index in [1.54, 1.807) is 25.1 Å². The van der Waals surface area contributed by atoms with Crippen LogP contribution in [-0.4, -0.2) is 19.7 Å². The van der Waals surface area contributed by atoms with Crippen LogP contribution < -0.4 is 5.56 Å². The second-order valence-electron chi connectivity index (χ2n) is 4.19. The van der Waals surface area contributed by atoms with Crippen LogP contribution in [0.4, 0.5) is 4.39 Å². The fourth-order valence-electron chi connectivity index (χ4n) is 2.13. The Bertz CT molecular complexity index is 836. The quantitative estimate of drug-likeness (QED) is 0.700. The minimum Gasteiger partial charge on any atom is -0.493 e. The van der Waals surface area contributed by atoms with E-state index in [4.69, 9.17) is 0 Å². The smallest absolute Gasteiger partial charge is 0.254 e. The van der Waals surface area contributed by atoms with Crippen molar-refractivity contribution in [3.05, 3.63) is 52.2 Å². The van der Waals surface area contributed by atoms with Crippen LogP contribution in [0.1, 0.15) is 5.69 Å². The molecule has 2 N–H and O–H groups in total. The molecular formula is C13H10FN3O2. The lowest BCUT2D eigenvalue weighted by Crippen LogP contribution is -2.07. The molecule has 0 bridgehead atoms. The Morgan fingerprint density at radius 1 is 1.37 bits per heavy atom. The van der Waals surface area contributed by atoms with Gasteiger partial charge in [-0.15, -0.1) is 0 Å². The van der Waals surface area contributed by atoms with E-state index in [0.717, 1.165) is 6.07 Å². The Morgan fingerprint density at radius 2 is 2.11 bits per heavy atom. The first-order valence-corrected chi connectivity index (χ1v) is 5.64. The molecule has 0 saturated carbocycles. The Morgan fingerprint density at radius 3 is 2.84 bits per heavy atom. The summed E-state index contributed by atoms with van der Waals surface area (Å²) in [6, 6.07) is 7.23. The number of rotatable bonds is 1. The zero-order chi connectivity index (χ0) is 13.6. The largest absolute Gasteiger partial charge is 0.493 e. The molecule has 0 aliphatic rings. The number of aryl methyl sites for hydroxylation is 1. The van der Waals surface area contributed by atoms with Crippen LogP contribution in [0.3, 0.4) is 0 Å². The molecule has 0 unspecified atom stereocenters. The minimum atomic E-state index is -0.470. The molecule has 3 aromatic rings. The summed E-state index contributed by atoms with van der Waals surface area (Å²) in [7, 11) is 0. The highest BCUT2D eigenvalue weighted by molar-refractivity contribution is 5.80. The van der Waals surface area contributed by atoms with Crippen molar-refractivity contribution in [1.82, 2.24) is 14.6 Å². The molecule has 19 heavy (non-hydrogen) atoms. The third kappa shape index (κ3) is 1.69. The van der Waals surface area contributed by atoms with Crippen molar-refractivity contribution in [2.24, 2.45) is 0 Å². The summed E-state index contributed by atoms with van der Waals surface area (Å²) in [4.78, 5) is 14.0. The summed E-state index contributed by atoms with van der Waals surface area (Å²) in [5.74, 6) is -0.700. The van der Waals surface area contributed by atoms with Crippen molar-refractivity contribution in [3.8, 4) is 17.0 Å². The Kier molecular flexibility index (Phi) is 2.38. The number of nitrogens with one attached hydrogen (secondary N) is 1. The number of H-pyrrole nitrogens is 1. The van der Waals surface area contributed by atoms with E-state index >= 15 is 0 Å². The summed E-state index contributed by atoms with van der Waals surface area (Å²) in [6.45, 7) is 1.69. The van der Waals surface area contributed by atoms with Crippen molar-refractivity contribution in [1.29, 1.82) is 0 Å². The topological polar surface area (TPSA) is 70.4 Å². The number of nitrogens with zero attached hydrogens (tertiary/aromatic N) is 2. The third-order valence-corrected chi connectivity index (χ3v) is 2.92. The van der Waals surface area contributed by atoms with Crippen LogP contribution in [-0.2, 0) is 0 Å². The average molecular weight is 259 g/mol. The van der Waals surface area contributed by atoms with Crippen molar-refractivity contribution >= 4 is 5.65 Å². The van der Waals surface area contributed by atoms with Crippen LogP contribution in [0, 0.1) is 12.7 Å². The molecule has 6 heteroatoms. The Hall–Kier alpha value is -2.63. The monoisotopic (exact) mass is 259 g/mol. The number of aromatic nitrogens is 3. The number of benzene rings is 1. The van der Waals surface area contributed by atoms with Gasteiger partial charge in [0.25, 0.3) is 5.56 Å². The SMILES string of the molecule is Cc1nn2c(O)cc(=O)[nH]c2c1-c1ccccc1F. The predicted molar refractivity (Wildman–Crippen MR) is 67.6 cm³/mol. The first kappa shape index (κ1) is 11.5. The second-order valence-corrected chi connectivity index (χ2v) is 4.19. The van der Waals surface area contributed by atoms with Crippen molar-refractivity contribution < 1.29 is 9.50 Å². The van der Waals surface area contributed by atoms with Crippen molar-refractivity contribution in [2.75, 3.05) is 0 Å². The Balaban J connectivity index is 2.45. The number of aromatic hydroxyl groups is 1. The molecule has 0 saturated heterocycles. The van der Waals surface area contributed by atoms with Gasteiger partial charge in [-0.2, -0.15) is 9.61 Å². The molecule has 2 aromatic heterocycles. The molecule has 5 nitrogen and oxygen atoms in total.